The van der Waals surface area contributed by atoms with Crippen molar-refractivity contribution >= 4 is 11.8 Å². The second-order valence-corrected chi connectivity index (χ2v) is 5.81. The van der Waals surface area contributed by atoms with Crippen molar-refractivity contribution in [2.45, 2.75) is 55.4 Å². The van der Waals surface area contributed by atoms with Gasteiger partial charge in [-0.25, -0.2) is 0 Å². The Hall–Kier alpha value is 0.310. The third-order valence-electron chi connectivity index (χ3n) is 3.11. The lowest BCUT2D eigenvalue weighted by Crippen LogP contribution is -2.21. The summed E-state index contributed by atoms with van der Waals surface area (Å²) < 4.78 is 5.38. The highest BCUT2D eigenvalue weighted by Crippen LogP contribution is 2.34. The second-order valence-electron chi connectivity index (χ2n) is 4.21. The molecule has 0 N–H and O–H groups in total. The van der Waals surface area contributed by atoms with E-state index in [9.17, 15) is 0 Å². The van der Waals surface area contributed by atoms with Crippen molar-refractivity contribution in [3.63, 3.8) is 0 Å². The average molecular weight is 200 g/mol. The highest BCUT2D eigenvalue weighted by Gasteiger charge is 2.21. The molecule has 1 aliphatic carbocycles. The lowest BCUT2D eigenvalue weighted by atomic mass is 10.0. The molecule has 0 atom stereocenters. The maximum Gasteiger partial charge on any atom is 0.0476 e. The minimum Gasteiger partial charge on any atom is -0.381 e. The van der Waals surface area contributed by atoms with Crippen LogP contribution in [0.2, 0.25) is 0 Å². The van der Waals surface area contributed by atoms with Gasteiger partial charge in [0.2, 0.25) is 0 Å². The normalized spacial score (nSPS) is 27.7. The molecule has 1 saturated heterocycles. The van der Waals surface area contributed by atoms with Crippen LogP contribution in [0, 0.1) is 0 Å². The molecule has 2 aliphatic rings. The summed E-state index contributed by atoms with van der Waals surface area (Å²) in [6.07, 6.45) is 9.96. The summed E-state index contributed by atoms with van der Waals surface area (Å²) in [5.41, 5.74) is 0. The van der Waals surface area contributed by atoms with Gasteiger partial charge in [-0.05, 0) is 25.7 Å². The van der Waals surface area contributed by atoms with Gasteiger partial charge < -0.3 is 4.74 Å². The van der Waals surface area contributed by atoms with Crippen LogP contribution in [0.25, 0.3) is 0 Å². The van der Waals surface area contributed by atoms with E-state index in [0.29, 0.717) is 0 Å². The van der Waals surface area contributed by atoms with Crippen LogP contribution in [0.5, 0.6) is 0 Å². The molecule has 2 rings (SSSR count). The fourth-order valence-corrected chi connectivity index (χ4v) is 3.90. The number of rotatable bonds is 2. The van der Waals surface area contributed by atoms with Gasteiger partial charge in [-0.3, -0.25) is 0 Å². The summed E-state index contributed by atoms with van der Waals surface area (Å²) in [5.74, 6) is 0. The Kier molecular flexibility index (Phi) is 3.98. The Bertz CT molecular complexity index is 121. The number of hydrogen-bond acceptors (Lipinski definition) is 2. The summed E-state index contributed by atoms with van der Waals surface area (Å²) in [4.78, 5) is 0. The van der Waals surface area contributed by atoms with E-state index >= 15 is 0 Å². The van der Waals surface area contributed by atoms with Gasteiger partial charge >= 0.3 is 0 Å². The quantitative estimate of drug-likeness (QED) is 0.677. The van der Waals surface area contributed by atoms with Gasteiger partial charge in [0.15, 0.2) is 0 Å². The van der Waals surface area contributed by atoms with E-state index < -0.39 is 0 Å². The van der Waals surface area contributed by atoms with Crippen LogP contribution in [0.15, 0.2) is 0 Å². The second kappa shape index (κ2) is 5.26. The van der Waals surface area contributed by atoms with Crippen molar-refractivity contribution in [1.82, 2.24) is 0 Å². The molecule has 0 bridgehead atoms. The first kappa shape index (κ1) is 9.85. The van der Waals surface area contributed by atoms with Crippen LogP contribution in [-0.4, -0.2) is 23.7 Å². The van der Waals surface area contributed by atoms with Crippen molar-refractivity contribution in [3.8, 4) is 0 Å². The molecule has 0 radical (unpaired) electrons. The third kappa shape index (κ3) is 3.17. The zero-order valence-corrected chi connectivity index (χ0v) is 9.15. The van der Waals surface area contributed by atoms with Crippen molar-refractivity contribution in [2.24, 2.45) is 0 Å². The molecule has 0 aromatic carbocycles. The molecule has 0 aromatic rings. The fraction of sp³-hybridized carbons (Fsp3) is 1.00. The van der Waals surface area contributed by atoms with Gasteiger partial charge in [-0.1, -0.05) is 19.3 Å². The predicted molar refractivity (Wildman–Crippen MR) is 58.3 cm³/mol. The predicted octanol–water partition coefficient (Wildman–Crippen LogP) is 3.23. The minimum atomic E-state index is 0.914. The van der Waals surface area contributed by atoms with Crippen molar-refractivity contribution in [1.29, 1.82) is 0 Å². The molecule has 1 saturated carbocycles. The zero-order valence-electron chi connectivity index (χ0n) is 8.34. The molecule has 0 amide bonds. The van der Waals surface area contributed by atoms with Gasteiger partial charge in [0.1, 0.15) is 0 Å². The van der Waals surface area contributed by atoms with Crippen LogP contribution in [0.3, 0.4) is 0 Å². The van der Waals surface area contributed by atoms with Crippen LogP contribution < -0.4 is 0 Å². The standard InChI is InChI=1S/C11H20OS/c1-2-4-10(5-3-1)13-11-6-8-12-9-7-11/h10-11H,1-9H2. The molecular formula is C11H20OS. The maximum absolute atomic E-state index is 5.38. The van der Waals surface area contributed by atoms with Gasteiger partial charge in [-0.2, -0.15) is 11.8 Å². The summed E-state index contributed by atoms with van der Waals surface area (Å²) in [6, 6.07) is 0. The Balaban J connectivity index is 1.69. The van der Waals surface area contributed by atoms with E-state index in [0.717, 1.165) is 23.7 Å². The summed E-state index contributed by atoms with van der Waals surface area (Å²) in [7, 11) is 0. The smallest absolute Gasteiger partial charge is 0.0476 e. The van der Waals surface area contributed by atoms with Crippen molar-refractivity contribution in [2.75, 3.05) is 13.2 Å². The van der Waals surface area contributed by atoms with E-state index in [2.05, 4.69) is 11.8 Å². The molecular weight excluding hydrogens is 180 g/mol. The maximum atomic E-state index is 5.38. The molecule has 1 nitrogen and oxygen atoms in total. The van der Waals surface area contributed by atoms with E-state index in [1.807, 2.05) is 0 Å². The Morgan fingerprint density at radius 2 is 1.38 bits per heavy atom. The molecule has 1 heterocycles. The van der Waals surface area contributed by atoms with E-state index in [1.54, 1.807) is 0 Å². The first-order chi connectivity index (χ1) is 6.45. The number of hydrogen-bond donors (Lipinski definition) is 0. The van der Waals surface area contributed by atoms with Crippen LogP contribution >= 0.6 is 11.8 Å². The molecule has 13 heavy (non-hydrogen) atoms. The SMILES string of the molecule is C1CCC(SC2CCOCC2)CC1. The number of ether oxygens (including phenoxy) is 1. The highest BCUT2D eigenvalue weighted by molar-refractivity contribution is 8.00. The first-order valence-electron chi connectivity index (χ1n) is 5.68. The Labute approximate surface area is 85.6 Å². The van der Waals surface area contributed by atoms with E-state index in [-0.39, 0.29) is 0 Å². The average Bonchev–Trinajstić information content (AvgIpc) is 2.21. The van der Waals surface area contributed by atoms with Crippen molar-refractivity contribution < 1.29 is 4.74 Å². The van der Waals surface area contributed by atoms with Gasteiger partial charge in [-0.15, -0.1) is 0 Å². The molecule has 76 valence electrons. The summed E-state index contributed by atoms with van der Waals surface area (Å²) >= 11 is 2.26. The molecule has 2 heteroatoms. The number of thioether (sulfide) groups is 1. The van der Waals surface area contributed by atoms with Crippen LogP contribution in [0.1, 0.15) is 44.9 Å². The fourth-order valence-electron chi connectivity index (χ4n) is 2.29. The molecule has 0 unspecified atom stereocenters. The summed E-state index contributed by atoms with van der Waals surface area (Å²) in [5, 5.41) is 1.90. The minimum absolute atomic E-state index is 0.914. The topological polar surface area (TPSA) is 9.23 Å². The molecule has 0 spiro atoms. The lowest BCUT2D eigenvalue weighted by molar-refractivity contribution is 0.0999. The van der Waals surface area contributed by atoms with E-state index in [4.69, 9.17) is 4.74 Å². The van der Waals surface area contributed by atoms with E-state index in [1.165, 1.54) is 44.9 Å². The van der Waals surface area contributed by atoms with Crippen molar-refractivity contribution in [3.05, 3.63) is 0 Å². The zero-order chi connectivity index (χ0) is 8.93. The lowest BCUT2D eigenvalue weighted by Gasteiger charge is -2.28. The molecule has 2 fully saturated rings. The largest absolute Gasteiger partial charge is 0.381 e. The highest BCUT2D eigenvalue weighted by atomic mass is 32.2. The van der Waals surface area contributed by atoms with Crippen LogP contribution in [0.4, 0.5) is 0 Å². The third-order valence-corrected chi connectivity index (χ3v) is 4.82. The first-order valence-corrected chi connectivity index (χ1v) is 6.62. The van der Waals surface area contributed by atoms with Crippen LogP contribution in [-0.2, 0) is 4.74 Å². The monoisotopic (exact) mass is 200 g/mol. The molecule has 1 aliphatic heterocycles. The Morgan fingerprint density at radius 3 is 2.08 bits per heavy atom. The molecule has 0 aromatic heterocycles. The van der Waals surface area contributed by atoms with Gasteiger partial charge in [0.05, 0.1) is 0 Å². The van der Waals surface area contributed by atoms with Gasteiger partial charge in [0, 0.05) is 23.7 Å². The summed E-state index contributed by atoms with van der Waals surface area (Å²) in [6.45, 7) is 2.01. The van der Waals surface area contributed by atoms with Gasteiger partial charge in [0.25, 0.3) is 0 Å². The Morgan fingerprint density at radius 1 is 0.769 bits per heavy atom.